The molecule has 0 saturated heterocycles. The summed E-state index contributed by atoms with van der Waals surface area (Å²) in [5, 5.41) is 8.82. The third-order valence-electron chi connectivity index (χ3n) is 2.19. The molecule has 0 saturated carbocycles. The number of aromatic nitrogens is 2. The summed E-state index contributed by atoms with van der Waals surface area (Å²) in [4.78, 5) is 23.2. The Bertz CT molecular complexity index is 506. The highest BCUT2D eigenvalue weighted by molar-refractivity contribution is 6.10. The standard InChI is InChI=1S/C12H11N3O2/c16-10(9-4-2-1-3-5-9)8-12(17)14-11-6-7-13-15-11/h1-7H,8H2,(H2,13,14,15,17). The number of nitrogens with one attached hydrogen (secondary N) is 2. The Kier molecular flexibility index (Phi) is 3.30. The zero-order valence-electron chi connectivity index (χ0n) is 9.01. The van der Waals surface area contributed by atoms with Gasteiger partial charge >= 0.3 is 0 Å². The number of amides is 1. The van der Waals surface area contributed by atoms with Gasteiger partial charge in [-0.3, -0.25) is 14.7 Å². The van der Waals surface area contributed by atoms with Crippen molar-refractivity contribution < 1.29 is 9.59 Å². The summed E-state index contributed by atoms with van der Waals surface area (Å²) in [5.41, 5.74) is 0.535. The quantitative estimate of drug-likeness (QED) is 0.618. The van der Waals surface area contributed by atoms with Crippen LogP contribution in [0.1, 0.15) is 16.8 Å². The van der Waals surface area contributed by atoms with Crippen molar-refractivity contribution in [1.29, 1.82) is 0 Å². The summed E-state index contributed by atoms with van der Waals surface area (Å²) in [7, 11) is 0. The van der Waals surface area contributed by atoms with E-state index in [-0.39, 0.29) is 18.1 Å². The van der Waals surface area contributed by atoms with Gasteiger partial charge in [0.1, 0.15) is 5.82 Å². The van der Waals surface area contributed by atoms with Gasteiger partial charge in [0.25, 0.3) is 0 Å². The van der Waals surface area contributed by atoms with Gasteiger partial charge in [0.2, 0.25) is 5.91 Å². The Balaban J connectivity index is 1.93. The van der Waals surface area contributed by atoms with Crippen LogP contribution in [0.15, 0.2) is 42.6 Å². The van der Waals surface area contributed by atoms with E-state index in [9.17, 15) is 9.59 Å². The van der Waals surface area contributed by atoms with Crippen LogP contribution in [0.2, 0.25) is 0 Å². The minimum Gasteiger partial charge on any atom is -0.311 e. The van der Waals surface area contributed by atoms with Gasteiger partial charge in [-0.15, -0.1) is 0 Å². The summed E-state index contributed by atoms with van der Waals surface area (Å²) in [6.45, 7) is 0. The van der Waals surface area contributed by atoms with Gasteiger partial charge in [-0.25, -0.2) is 0 Å². The topological polar surface area (TPSA) is 74.8 Å². The highest BCUT2D eigenvalue weighted by Gasteiger charge is 2.11. The maximum Gasteiger partial charge on any atom is 0.233 e. The minimum atomic E-state index is -0.358. The smallest absolute Gasteiger partial charge is 0.233 e. The van der Waals surface area contributed by atoms with Crippen molar-refractivity contribution in [3.8, 4) is 0 Å². The average Bonchev–Trinajstić information content (AvgIpc) is 2.82. The molecule has 5 nitrogen and oxygen atoms in total. The Morgan fingerprint density at radius 1 is 1.18 bits per heavy atom. The second kappa shape index (κ2) is 5.07. The van der Waals surface area contributed by atoms with Gasteiger partial charge in [0.05, 0.1) is 12.6 Å². The van der Waals surface area contributed by atoms with E-state index in [0.29, 0.717) is 11.4 Å². The maximum absolute atomic E-state index is 11.7. The van der Waals surface area contributed by atoms with E-state index >= 15 is 0 Å². The molecule has 1 aromatic carbocycles. The first-order valence-corrected chi connectivity index (χ1v) is 5.13. The van der Waals surface area contributed by atoms with Crippen LogP contribution in [0.5, 0.6) is 0 Å². The van der Waals surface area contributed by atoms with Gasteiger partial charge < -0.3 is 5.32 Å². The molecule has 2 N–H and O–H groups in total. The molecular formula is C12H11N3O2. The fourth-order valence-electron chi connectivity index (χ4n) is 1.39. The fraction of sp³-hybridized carbons (Fsp3) is 0.0833. The van der Waals surface area contributed by atoms with Crippen LogP contribution in [0.4, 0.5) is 5.82 Å². The summed E-state index contributed by atoms with van der Waals surface area (Å²) in [5.74, 6) is -0.0819. The average molecular weight is 229 g/mol. The monoisotopic (exact) mass is 229 g/mol. The number of carbonyl (C=O) groups excluding carboxylic acids is 2. The number of aromatic amines is 1. The van der Waals surface area contributed by atoms with Crippen LogP contribution in [-0.4, -0.2) is 21.9 Å². The summed E-state index contributed by atoms with van der Waals surface area (Å²) < 4.78 is 0. The highest BCUT2D eigenvalue weighted by atomic mass is 16.2. The summed E-state index contributed by atoms with van der Waals surface area (Å²) in [6.07, 6.45) is 1.34. The second-order valence-corrected chi connectivity index (χ2v) is 3.48. The molecule has 5 heteroatoms. The van der Waals surface area contributed by atoms with Crippen LogP contribution in [0.25, 0.3) is 0 Å². The Morgan fingerprint density at radius 3 is 2.59 bits per heavy atom. The molecule has 0 aliphatic heterocycles. The largest absolute Gasteiger partial charge is 0.311 e. The molecule has 0 unspecified atom stereocenters. The lowest BCUT2D eigenvalue weighted by Gasteiger charge is -2.01. The zero-order chi connectivity index (χ0) is 12.1. The molecule has 2 aromatic rings. The van der Waals surface area contributed by atoms with Crippen molar-refractivity contribution in [3.05, 3.63) is 48.2 Å². The number of Topliss-reactive ketones (excluding diaryl/α,β-unsaturated/α-hetero) is 1. The van der Waals surface area contributed by atoms with E-state index in [1.54, 1.807) is 30.3 Å². The number of carbonyl (C=O) groups is 2. The molecule has 1 heterocycles. The Hall–Kier alpha value is -2.43. The number of ketones is 1. The molecule has 86 valence electrons. The number of H-pyrrole nitrogens is 1. The van der Waals surface area contributed by atoms with E-state index in [2.05, 4.69) is 15.5 Å². The lowest BCUT2D eigenvalue weighted by molar-refractivity contribution is -0.115. The molecule has 1 aromatic heterocycles. The Morgan fingerprint density at radius 2 is 1.94 bits per heavy atom. The molecule has 0 fully saturated rings. The fourth-order valence-corrected chi connectivity index (χ4v) is 1.39. The molecule has 0 aliphatic carbocycles. The number of rotatable bonds is 4. The molecule has 0 radical (unpaired) electrons. The molecule has 0 bridgehead atoms. The summed E-state index contributed by atoms with van der Waals surface area (Å²) >= 11 is 0. The van der Waals surface area contributed by atoms with Crippen molar-refractivity contribution >= 4 is 17.5 Å². The van der Waals surface area contributed by atoms with Crippen LogP contribution in [0.3, 0.4) is 0 Å². The van der Waals surface area contributed by atoms with Crippen molar-refractivity contribution in [3.63, 3.8) is 0 Å². The van der Waals surface area contributed by atoms with Gasteiger partial charge in [-0.05, 0) is 0 Å². The molecule has 2 rings (SSSR count). The van der Waals surface area contributed by atoms with Crippen LogP contribution >= 0.6 is 0 Å². The second-order valence-electron chi connectivity index (χ2n) is 3.48. The maximum atomic E-state index is 11.7. The summed E-state index contributed by atoms with van der Waals surface area (Å²) in [6, 6.07) is 10.3. The number of nitrogens with zero attached hydrogens (tertiary/aromatic N) is 1. The number of hydrogen-bond donors (Lipinski definition) is 2. The van der Waals surface area contributed by atoms with Gasteiger partial charge in [-0.2, -0.15) is 5.10 Å². The lowest BCUT2D eigenvalue weighted by atomic mass is 10.1. The molecule has 0 aliphatic rings. The molecule has 0 spiro atoms. The van der Waals surface area contributed by atoms with E-state index in [1.165, 1.54) is 6.20 Å². The number of benzene rings is 1. The van der Waals surface area contributed by atoms with Crippen molar-refractivity contribution in [2.24, 2.45) is 0 Å². The zero-order valence-corrected chi connectivity index (χ0v) is 9.01. The predicted octanol–water partition coefficient (Wildman–Crippen LogP) is 1.62. The minimum absolute atomic E-state index is 0.178. The normalized spacial score (nSPS) is 9.88. The first-order chi connectivity index (χ1) is 8.25. The Labute approximate surface area is 97.9 Å². The highest BCUT2D eigenvalue weighted by Crippen LogP contribution is 2.05. The SMILES string of the molecule is O=C(CC(=O)c1ccccc1)Nc1ccn[nH]1. The molecule has 1 amide bonds. The molecule has 0 atom stereocenters. The van der Waals surface area contributed by atoms with Gasteiger partial charge in [0.15, 0.2) is 5.78 Å². The third-order valence-corrected chi connectivity index (χ3v) is 2.19. The van der Waals surface area contributed by atoms with Crippen LogP contribution in [-0.2, 0) is 4.79 Å². The van der Waals surface area contributed by atoms with Crippen molar-refractivity contribution in [2.45, 2.75) is 6.42 Å². The lowest BCUT2D eigenvalue weighted by Crippen LogP contribution is -2.16. The van der Waals surface area contributed by atoms with E-state index in [0.717, 1.165) is 0 Å². The predicted molar refractivity (Wildman–Crippen MR) is 62.6 cm³/mol. The molecule has 17 heavy (non-hydrogen) atoms. The first kappa shape index (κ1) is 11.1. The van der Waals surface area contributed by atoms with Crippen molar-refractivity contribution in [1.82, 2.24) is 10.2 Å². The van der Waals surface area contributed by atoms with E-state index in [4.69, 9.17) is 0 Å². The van der Waals surface area contributed by atoms with Gasteiger partial charge in [0, 0.05) is 11.6 Å². The van der Waals surface area contributed by atoms with Crippen molar-refractivity contribution in [2.75, 3.05) is 5.32 Å². The molecular weight excluding hydrogens is 218 g/mol. The third kappa shape index (κ3) is 3.01. The first-order valence-electron chi connectivity index (χ1n) is 5.13. The number of hydrogen-bond acceptors (Lipinski definition) is 3. The van der Waals surface area contributed by atoms with E-state index in [1.807, 2.05) is 6.07 Å². The van der Waals surface area contributed by atoms with Crippen LogP contribution in [0, 0.1) is 0 Å². The number of anilines is 1. The van der Waals surface area contributed by atoms with Crippen LogP contribution < -0.4 is 5.32 Å². The van der Waals surface area contributed by atoms with Gasteiger partial charge in [-0.1, -0.05) is 30.3 Å². The van der Waals surface area contributed by atoms with E-state index < -0.39 is 0 Å².